The summed E-state index contributed by atoms with van der Waals surface area (Å²) in [6, 6.07) is 5.48. The van der Waals surface area contributed by atoms with E-state index in [9.17, 15) is 4.79 Å². The van der Waals surface area contributed by atoms with Crippen LogP contribution in [0.2, 0.25) is 0 Å². The Morgan fingerprint density at radius 1 is 1.39 bits per heavy atom. The highest BCUT2D eigenvalue weighted by Crippen LogP contribution is 2.18. The van der Waals surface area contributed by atoms with Gasteiger partial charge in [-0.2, -0.15) is 0 Å². The van der Waals surface area contributed by atoms with Crippen LogP contribution < -0.4 is 11.1 Å². The molecule has 0 aliphatic carbocycles. The summed E-state index contributed by atoms with van der Waals surface area (Å²) in [5.41, 5.74) is 8.11. The number of benzene rings is 1. The number of aryl methyl sites for hydroxylation is 1. The van der Waals surface area contributed by atoms with Crippen molar-refractivity contribution >= 4 is 17.3 Å². The number of rotatable bonds is 7. The number of unbranched alkanes of at least 4 members (excludes halogenated alkanes) is 1. The van der Waals surface area contributed by atoms with Crippen LogP contribution in [0.1, 0.15) is 31.7 Å². The smallest absolute Gasteiger partial charge is 0.226 e. The Morgan fingerprint density at radius 2 is 2.17 bits per heavy atom. The summed E-state index contributed by atoms with van der Waals surface area (Å²) >= 11 is 0. The Morgan fingerprint density at radius 3 is 2.89 bits per heavy atom. The van der Waals surface area contributed by atoms with Crippen LogP contribution >= 0.6 is 0 Å². The summed E-state index contributed by atoms with van der Waals surface area (Å²) in [4.78, 5) is 11.7. The Bertz CT molecular complexity index is 391. The summed E-state index contributed by atoms with van der Waals surface area (Å²) in [5, 5.41) is 2.84. The average molecular weight is 250 g/mol. The zero-order valence-corrected chi connectivity index (χ0v) is 11.2. The Hall–Kier alpha value is -1.55. The fraction of sp³-hybridized carbons (Fsp3) is 0.500. The molecule has 1 aromatic rings. The third kappa shape index (κ3) is 5.19. The number of anilines is 2. The van der Waals surface area contributed by atoms with Crippen LogP contribution in [-0.4, -0.2) is 19.1 Å². The van der Waals surface area contributed by atoms with Crippen LogP contribution in [0.25, 0.3) is 0 Å². The third-order valence-electron chi connectivity index (χ3n) is 2.65. The van der Waals surface area contributed by atoms with Gasteiger partial charge in [-0.3, -0.25) is 4.79 Å². The summed E-state index contributed by atoms with van der Waals surface area (Å²) in [7, 11) is 0. The highest BCUT2D eigenvalue weighted by molar-refractivity contribution is 5.92. The van der Waals surface area contributed by atoms with E-state index in [4.69, 9.17) is 10.5 Å². The molecule has 1 amide bonds. The van der Waals surface area contributed by atoms with Crippen molar-refractivity contribution in [2.75, 3.05) is 24.3 Å². The minimum absolute atomic E-state index is 0.0415. The molecule has 4 nitrogen and oxygen atoms in total. The summed E-state index contributed by atoms with van der Waals surface area (Å²) in [5.74, 6) is -0.0415. The lowest BCUT2D eigenvalue weighted by Crippen LogP contribution is -2.15. The van der Waals surface area contributed by atoms with Gasteiger partial charge in [-0.05, 0) is 31.0 Å². The van der Waals surface area contributed by atoms with E-state index >= 15 is 0 Å². The van der Waals surface area contributed by atoms with Crippen LogP contribution in [0.15, 0.2) is 18.2 Å². The number of nitrogens with one attached hydrogen (secondary N) is 1. The lowest BCUT2D eigenvalue weighted by Gasteiger charge is -2.09. The monoisotopic (exact) mass is 250 g/mol. The number of carbonyl (C=O) groups excluding carboxylic acids is 1. The Labute approximate surface area is 109 Å². The van der Waals surface area contributed by atoms with Crippen molar-refractivity contribution < 1.29 is 9.53 Å². The zero-order valence-electron chi connectivity index (χ0n) is 11.2. The van der Waals surface area contributed by atoms with E-state index < -0.39 is 0 Å². The number of nitrogen functional groups attached to an aromatic ring is 1. The van der Waals surface area contributed by atoms with Crippen molar-refractivity contribution in [1.82, 2.24) is 0 Å². The number of hydrogen-bond donors (Lipinski definition) is 2. The fourth-order valence-corrected chi connectivity index (χ4v) is 1.50. The topological polar surface area (TPSA) is 64.3 Å². The van der Waals surface area contributed by atoms with Gasteiger partial charge in [0.15, 0.2) is 0 Å². The maximum atomic E-state index is 11.7. The molecule has 0 aliphatic rings. The molecule has 0 spiro atoms. The molecular weight excluding hydrogens is 228 g/mol. The van der Waals surface area contributed by atoms with Gasteiger partial charge in [0, 0.05) is 18.0 Å². The third-order valence-corrected chi connectivity index (χ3v) is 2.65. The second-order valence-corrected chi connectivity index (χ2v) is 4.34. The summed E-state index contributed by atoms with van der Waals surface area (Å²) < 4.78 is 5.35. The van der Waals surface area contributed by atoms with Gasteiger partial charge in [0.2, 0.25) is 5.91 Å². The van der Waals surface area contributed by atoms with Crippen molar-refractivity contribution in [3.05, 3.63) is 23.8 Å². The van der Waals surface area contributed by atoms with Crippen molar-refractivity contribution in [1.29, 1.82) is 0 Å². The molecule has 0 radical (unpaired) electrons. The predicted octanol–water partition coefficient (Wildman–Crippen LogP) is 2.72. The zero-order chi connectivity index (χ0) is 13.4. The van der Waals surface area contributed by atoms with E-state index in [-0.39, 0.29) is 5.91 Å². The van der Waals surface area contributed by atoms with E-state index in [1.165, 1.54) is 0 Å². The standard InChI is InChI=1S/C14H22N2O2/c1-3-4-8-18-9-7-14(17)16-13-10-12(15)6-5-11(13)2/h5-6,10H,3-4,7-9,15H2,1-2H3,(H,16,17). The molecule has 0 fully saturated rings. The number of ether oxygens (including phenoxy) is 1. The molecule has 1 rings (SSSR count). The van der Waals surface area contributed by atoms with Gasteiger partial charge in [0.1, 0.15) is 0 Å². The van der Waals surface area contributed by atoms with Crippen molar-refractivity contribution in [2.24, 2.45) is 0 Å². The maximum Gasteiger partial charge on any atom is 0.226 e. The quantitative estimate of drug-likeness (QED) is 0.577. The lowest BCUT2D eigenvalue weighted by molar-refractivity contribution is -0.117. The first-order valence-corrected chi connectivity index (χ1v) is 6.37. The van der Waals surface area contributed by atoms with Gasteiger partial charge < -0.3 is 15.8 Å². The second kappa shape index (κ2) is 7.71. The summed E-state index contributed by atoms with van der Waals surface area (Å²) in [6.45, 7) is 5.24. The average Bonchev–Trinajstić information content (AvgIpc) is 2.33. The highest BCUT2D eigenvalue weighted by Gasteiger charge is 2.05. The first-order valence-electron chi connectivity index (χ1n) is 6.37. The minimum Gasteiger partial charge on any atom is -0.399 e. The molecule has 0 atom stereocenters. The van der Waals surface area contributed by atoms with Gasteiger partial charge in [-0.15, -0.1) is 0 Å². The normalized spacial score (nSPS) is 10.3. The van der Waals surface area contributed by atoms with Crippen LogP contribution in [0.3, 0.4) is 0 Å². The molecule has 0 saturated heterocycles. The molecule has 0 saturated carbocycles. The number of nitrogens with two attached hydrogens (primary N) is 1. The molecule has 4 heteroatoms. The Balaban J connectivity index is 2.33. The van der Waals surface area contributed by atoms with Crippen LogP contribution in [0, 0.1) is 6.92 Å². The predicted molar refractivity (Wildman–Crippen MR) is 74.6 cm³/mol. The summed E-state index contributed by atoms with van der Waals surface area (Å²) in [6.07, 6.45) is 2.52. The molecule has 0 bridgehead atoms. The minimum atomic E-state index is -0.0415. The van der Waals surface area contributed by atoms with Gasteiger partial charge in [0.25, 0.3) is 0 Å². The molecule has 18 heavy (non-hydrogen) atoms. The molecular formula is C14H22N2O2. The van der Waals surface area contributed by atoms with Crippen LogP contribution in [0.5, 0.6) is 0 Å². The molecule has 100 valence electrons. The highest BCUT2D eigenvalue weighted by atomic mass is 16.5. The molecule has 0 unspecified atom stereocenters. The van der Waals surface area contributed by atoms with E-state index in [1.54, 1.807) is 6.07 Å². The number of hydrogen-bond acceptors (Lipinski definition) is 3. The maximum absolute atomic E-state index is 11.7. The number of amides is 1. The van der Waals surface area contributed by atoms with E-state index in [2.05, 4.69) is 12.2 Å². The SMILES string of the molecule is CCCCOCCC(=O)Nc1cc(N)ccc1C. The molecule has 0 aliphatic heterocycles. The first kappa shape index (κ1) is 14.5. The molecule has 3 N–H and O–H groups in total. The van der Waals surface area contributed by atoms with E-state index in [0.717, 1.165) is 30.7 Å². The van der Waals surface area contributed by atoms with Gasteiger partial charge >= 0.3 is 0 Å². The molecule has 0 aromatic heterocycles. The van der Waals surface area contributed by atoms with Crippen molar-refractivity contribution in [3.8, 4) is 0 Å². The van der Waals surface area contributed by atoms with Gasteiger partial charge in [-0.1, -0.05) is 19.4 Å². The van der Waals surface area contributed by atoms with E-state index in [1.807, 2.05) is 19.1 Å². The molecule has 1 aromatic carbocycles. The van der Waals surface area contributed by atoms with Crippen LogP contribution in [-0.2, 0) is 9.53 Å². The van der Waals surface area contributed by atoms with Crippen molar-refractivity contribution in [3.63, 3.8) is 0 Å². The van der Waals surface area contributed by atoms with Gasteiger partial charge in [-0.25, -0.2) is 0 Å². The van der Waals surface area contributed by atoms with Gasteiger partial charge in [0.05, 0.1) is 13.0 Å². The second-order valence-electron chi connectivity index (χ2n) is 4.34. The first-order chi connectivity index (χ1) is 8.63. The fourth-order valence-electron chi connectivity index (χ4n) is 1.50. The lowest BCUT2D eigenvalue weighted by atomic mass is 10.2. The number of carbonyl (C=O) groups is 1. The Kier molecular flexibility index (Phi) is 6.22. The molecule has 0 heterocycles. The van der Waals surface area contributed by atoms with Crippen molar-refractivity contribution in [2.45, 2.75) is 33.1 Å². The largest absolute Gasteiger partial charge is 0.399 e. The van der Waals surface area contributed by atoms with E-state index in [0.29, 0.717) is 18.7 Å². The van der Waals surface area contributed by atoms with Crippen LogP contribution in [0.4, 0.5) is 11.4 Å².